The molecule has 0 fully saturated rings. The molecule has 2 aromatic rings. The molecule has 6 nitrogen and oxygen atoms in total. The summed E-state index contributed by atoms with van der Waals surface area (Å²) in [7, 11) is 3.07. The van der Waals surface area contributed by atoms with Gasteiger partial charge in [0, 0.05) is 23.0 Å². The monoisotopic (exact) mass is 357 g/mol. The molecule has 0 aliphatic rings. The number of rotatable bonds is 6. The van der Waals surface area contributed by atoms with Crippen molar-refractivity contribution in [1.82, 2.24) is 0 Å². The third-order valence-corrected chi connectivity index (χ3v) is 3.46. The number of amides is 1. The molecule has 0 saturated heterocycles. The molecule has 0 aliphatic carbocycles. The standard InChI is InChI=1S/C18H16ClN3O3/c1-24-15-6-7-16(17(9-15)25-2)21-11-12(10-20)18(23)22-14-5-3-4-13(19)8-14/h3-9,11,21H,1-2H3,(H,22,23)/b12-11-. The van der Waals surface area contributed by atoms with Crippen LogP contribution in [0.1, 0.15) is 0 Å². The van der Waals surface area contributed by atoms with Crippen LogP contribution in [-0.4, -0.2) is 20.1 Å². The number of anilines is 2. The normalized spacial score (nSPS) is 10.6. The van der Waals surface area contributed by atoms with E-state index in [9.17, 15) is 10.1 Å². The number of nitrogens with one attached hydrogen (secondary N) is 2. The summed E-state index contributed by atoms with van der Waals surface area (Å²) in [4.78, 5) is 12.2. The Hall–Kier alpha value is -3.17. The summed E-state index contributed by atoms with van der Waals surface area (Å²) < 4.78 is 10.4. The first kappa shape index (κ1) is 18.2. The molecule has 0 bridgehead atoms. The highest BCUT2D eigenvalue weighted by Gasteiger charge is 2.10. The quantitative estimate of drug-likeness (QED) is 0.606. The van der Waals surface area contributed by atoms with E-state index >= 15 is 0 Å². The first-order chi connectivity index (χ1) is 12.1. The predicted molar refractivity (Wildman–Crippen MR) is 96.9 cm³/mol. The van der Waals surface area contributed by atoms with Gasteiger partial charge in [-0.05, 0) is 30.3 Å². The van der Waals surface area contributed by atoms with E-state index < -0.39 is 5.91 Å². The number of hydrogen-bond acceptors (Lipinski definition) is 5. The zero-order valence-electron chi connectivity index (χ0n) is 13.7. The molecule has 0 saturated carbocycles. The van der Waals surface area contributed by atoms with Crippen LogP contribution in [0.2, 0.25) is 5.02 Å². The Morgan fingerprint density at radius 3 is 2.64 bits per heavy atom. The molecule has 0 unspecified atom stereocenters. The largest absolute Gasteiger partial charge is 0.497 e. The zero-order valence-corrected chi connectivity index (χ0v) is 14.4. The number of nitrogens with zero attached hydrogens (tertiary/aromatic N) is 1. The van der Waals surface area contributed by atoms with E-state index in [1.165, 1.54) is 13.3 Å². The first-order valence-corrected chi connectivity index (χ1v) is 7.61. The number of ether oxygens (including phenoxy) is 2. The molecule has 0 aromatic heterocycles. The summed E-state index contributed by atoms with van der Waals surface area (Å²) in [5, 5.41) is 15.2. The van der Waals surface area contributed by atoms with Crippen molar-refractivity contribution in [3.63, 3.8) is 0 Å². The van der Waals surface area contributed by atoms with Crippen LogP contribution >= 0.6 is 11.6 Å². The second kappa shape index (κ2) is 8.62. The van der Waals surface area contributed by atoms with Crippen molar-refractivity contribution in [2.45, 2.75) is 0 Å². The third kappa shape index (κ3) is 4.90. The highest BCUT2D eigenvalue weighted by Crippen LogP contribution is 2.29. The number of benzene rings is 2. The molecule has 128 valence electrons. The van der Waals surface area contributed by atoms with Gasteiger partial charge in [0.2, 0.25) is 0 Å². The number of nitriles is 1. The Kier molecular flexibility index (Phi) is 6.26. The second-order valence-corrected chi connectivity index (χ2v) is 5.28. The lowest BCUT2D eigenvalue weighted by molar-refractivity contribution is -0.112. The fraction of sp³-hybridized carbons (Fsp3) is 0.111. The van der Waals surface area contributed by atoms with Crippen LogP contribution in [0, 0.1) is 11.3 Å². The molecule has 2 aromatic carbocycles. The van der Waals surface area contributed by atoms with Crippen molar-refractivity contribution in [2.75, 3.05) is 24.9 Å². The number of carbonyl (C=O) groups excluding carboxylic acids is 1. The maximum absolute atomic E-state index is 12.2. The summed E-state index contributed by atoms with van der Waals surface area (Å²) in [5.74, 6) is 0.596. The molecule has 0 spiro atoms. The van der Waals surface area contributed by atoms with Crippen molar-refractivity contribution >= 4 is 28.9 Å². The van der Waals surface area contributed by atoms with Crippen molar-refractivity contribution in [2.24, 2.45) is 0 Å². The van der Waals surface area contributed by atoms with Gasteiger partial charge in [-0.25, -0.2) is 0 Å². The third-order valence-electron chi connectivity index (χ3n) is 3.23. The van der Waals surface area contributed by atoms with Gasteiger partial charge in [-0.3, -0.25) is 4.79 Å². The molecule has 2 N–H and O–H groups in total. The van der Waals surface area contributed by atoms with Crippen LogP contribution in [-0.2, 0) is 4.79 Å². The molecule has 1 amide bonds. The Bertz CT molecular complexity index is 844. The Morgan fingerprint density at radius 2 is 2.00 bits per heavy atom. The smallest absolute Gasteiger partial charge is 0.267 e. The van der Waals surface area contributed by atoms with Gasteiger partial charge in [-0.15, -0.1) is 0 Å². The molecular formula is C18H16ClN3O3. The lowest BCUT2D eigenvalue weighted by atomic mass is 10.2. The van der Waals surface area contributed by atoms with Gasteiger partial charge in [0.05, 0.1) is 19.9 Å². The lowest BCUT2D eigenvalue weighted by Crippen LogP contribution is -2.14. The fourth-order valence-electron chi connectivity index (χ4n) is 1.98. The molecule has 25 heavy (non-hydrogen) atoms. The Morgan fingerprint density at radius 1 is 1.20 bits per heavy atom. The van der Waals surface area contributed by atoms with Crippen molar-refractivity contribution in [1.29, 1.82) is 5.26 Å². The predicted octanol–water partition coefficient (Wildman–Crippen LogP) is 3.82. The van der Waals surface area contributed by atoms with Crippen LogP contribution in [0.5, 0.6) is 11.5 Å². The first-order valence-electron chi connectivity index (χ1n) is 7.23. The van der Waals surface area contributed by atoms with E-state index in [1.807, 2.05) is 6.07 Å². The summed E-state index contributed by atoms with van der Waals surface area (Å²) >= 11 is 5.87. The molecule has 0 aliphatic heterocycles. The van der Waals surface area contributed by atoms with Gasteiger partial charge < -0.3 is 20.1 Å². The van der Waals surface area contributed by atoms with Crippen LogP contribution in [0.25, 0.3) is 0 Å². The van der Waals surface area contributed by atoms with Gasteiger partial charge in [0.1, 0.15) is 23.1 Å². The molecule has 0 atom stereocenters. The minimum atomic E-state index is -0.551. The summed E-state index contributed by atoms with van der Waals surface area (Å²) in [5.41, 5.74) is 0.991. The highest BCUT2D eigenvalue weighted by atomic mass is 35.5. The average molecular weight is 358 g/mol. The van der Waals surface area contributed by atoms with Crippen LogP contribution in [0.3, 0.4) is 0 Å². The highest BCUT2D eigenvalue weighted by molar-refractivity contribution is 6.31. The van der Waals surface area contributed by atoms with Crippen molar-refractivity contribution in [3.8, 4) is 17.6 Å². The number of methoxy groups -OCH3 is 2. The Balaban J connectivity index is 2.15. The summed E-state index contributed by atoms with van der Waals surface area (Å²) in [6.45, 7) is 0. The SMILES string of the molecule is COc1ccc(N/C=C(/C#N)C(=O)Nc2cccc(Cl)c2)c(OC)c1. The molecule has 7 heteroatoms. The minimum Gasteiger partial charge on any atom is -0.497 e. The summed E-state index contributed by atoms with van der Waals surface area (Å²) in [6.07, 6.45) is 1.31. The van der Waals surface area contributed by atoms with Crippen LogP contribution in [0.4, 0.5) is 11.4 Å². The summed E-state index contributed by atoms with van der Waals surface area (Å²) in [6, 6.07) is 13.7. The fourth-order valence-corrected chi connectivity index (χ4v) is 2.17. The molecule has 2 rings (SSSR count). The van der Waals surface area contributed by atoms with E-state index in [4.69, 9.17) is 21.1 Å². The maximum atomic E-state index is 12.2. The average Bonchev–Trinajstić information content (AvgIpc) is 2.62. The van der Waals surface area contributed by atoms with Crippen LogP contribution < -0.4 is 20.1 Å². The number of carbonyl (C=O) groups is 1. The van der Waals surface area contributed by atoms with Crippen molar-refractivity contribution in [3.05, 3.63) is 59.3 Å². The van der Waals surface area contributed by atoms with Crippen molar-refractivity contribution < 1.29 is 14.3 Å². The van der Waals surface area contributed by atoms with E-state index in [1.54, 1.807) is 49.6 Å². The van der Waals surface area contributed by atoms with Gasteiger partial charge in [-0.2, -0.15) is 5.26 Å². The van der Waals surface area contributed by atoms with E-state index in [2.05, 4.69) is 10.6 Å². The minimum absolute atomic E-state index is 0.0992. The maximum Gasteiger partial charge on any atom is 0.267 e. The number of halogens is 1. The van der Waals surface area contributed by atoms with Gasteiger partial charge in [-0.1, -0.05) is 17.7 Å². The topological polar surface area (TPSA) is 83.4 Å². The lowest BCUT2D eigenvalue weighted by Gasteiger charge is -2.10. The Labute approximate surface area is 150 Å². The van der Waals surface area contributed by atoms with Gasteiger partial charge in [0.25, 0.3) is 5.91 Å². The van der Waals surface area contributed by atoms with E-state index in [0.29, 0.717) is 27.9 Å². The van der Waals surface area contributed by atoms with E-state index in [0.717, 1.165) is 0 Å². The second-order valence-electron chi connectivity index (χ2n) is 4.84. The van der Waals surface area contributed by atoms with E-state index in [-0.39, 0.29) is 5.57 Å². The van der Waals surface area contributed by atoms with Gasteiger partial charge >= 0.3 is 0 Å². The zero-order chi connectivity index (χ0) is 18.2. The molecule has 0 radical (unpaired) electrons. The molecular weight excluding hydrogens is 342 g/mol. The number of hydrogen-bond donors (Lipinski definition) is 2. The van der Waals surface area contributed by atoms with Gasteiger partial charge in [0.15, 0.2) is 0 Å². The van der Waals surface area contributed by atoms with Crippen LogP contribution in [0.15, 0.2) is 54.2 Å². The molecule has 0 heterocycles.